The fraction of sp³-hybridized carbons (Fsp3) is 0.353. The van der Waals surface area contributed by atoms with Gasteiger partial charge in [0.05, 0.1) is 11.7 Å². The molecule has 116 valence electrons. The molecule has 5 nitrogen and oxygen atoms in total. The van der Waals surface area contributed by atoms with E-state index in [9.17, 15) is 9.59 Å². The monoisotopic (exact) mass is 299 g/mol. The van der Waals surface area contributed by atoms with Crippen molar-refractivity contribution in [2.24, 2.45) is 0 Å². The molecule has 0 aliphatic heterocycles. The number of pyridine rings is 2. The molecule has 1 atom stereocenters. The van der Waals surface area contributed by atoms with E-state index in [1.165, 1.54) is 0 Å². The average Bonchev–Trinajstić information content (AvgIpc) is 2.43. The molecule has 2 aromatic heterocycles. The summed E-state index contributed by atoms with van der Waals surface area (Å²) in [5.74, 6) is -0.367. The van der Waals surface area contributed by atoms with Crippen molar-refractivity contribution >= 4 is 5.91 Å². The van der Waals surface area contributed by atoms with E-state index in [2.05, 4.69) is 15.3 Å². The Balaban J connectivity index is 2.29. The zero-order valence-corrected chi connectivity index (χ0v) is 13.4. The minimum atomic E-state index is -0.367. The van der Waals surface area contributed by atoms with Crippen LogP contribution < -0.4 is 10.9 Å². The van der Waals surface area contributed by atoms with Gasteiger partial charge < -0.3 is 10.3 Å². The number of hydrogen-bond acceptors (Lipinski definition) is 3. The normalized spacial score (nSPS) is 12.0. The van der Waals surface area contributed by atoms with Gasteiger partial charge in [-0.2, -0.15) is 0 Å². The summed E-state index contributed by atoms with van der Waals surface area (Å²) >= 11 is 0. The van der Waals surface area contributed by atoms with Crippen LogP contribution in [0.3, 0.4) is 0 Å². The predicted molar refractivity (Wildman–Crippen MR) is 86.0 cm³/mol. The third-order valence-corrected chi connectivity index (χ3v) is 3.60. The van der Waals surface area contributed by atoms with Crippen molar-refractivity contribution in [1.82, 2.24) is 15.3 Å². The summed E-state index contributed by atoms with van der Waals surface area (Å²) in [7, 11) is 0. The number of rotatable bonds is 4. The third kappa shape index (κ3) is 3.42. The van der Waals surface area contributed by atoms with Crippen LogP contribution in [0.5, 0.6) is 0 Å². The highest BCUT2D eigenvalue weighted by atomic mass is 16.2. The molecule has 0 saturated carbocycles. The van der Waals surface area contributed by atoms with E-state index >= 15 is 0 Å². The number of aryl methyl sites for hydroxylation is 3. The first-order chi connectivity index (χ1) is 10.4. The van der Waals surface area contributed by atoms with Gasteiger partial charge in [-0.1, -0.05) is 6.92 Å². The molecule has 0 aromatic carbocycles. The third-order valence-electron chi connectivity index (χ3n) is 3.60. The van der Waals surface area contributed by atoms with Gasteiger partial charge >= 0.3 is 0 Å². The lowest BCUT2D eigenvalue weighted by Gasteiger charge is -2.17. The number of carbonyl (C=O) groups excluding carboxylic acids is 1. The van der Waals surface area contributed by atoms with E-state index in [4.69, 9.17) is 0 Å². The van der Waals surface area contributed by atoms with Crippen LogP contribution in [-0.4, -0.2) is 15.9 Å². The maximum Gasteiger partial charge on any atom is 0.261 e. The summed E-state index contributed by atoms with van der Waals surface area (Å²) in [6.45, 7) is 7.51. The number of amides is 1. The lowest BCUT2D eigenvalue weighted by atomic mass is 10.1. The van der Waals surface area contributed by atoms with Crippen LogP contribution in [0, 0.1) is 20.8 Å². The van der Waals surface area contributed by atoms with Crippen LogP contribution in [0.2, 0.25) is 0 Å². The fourth-order valence-electron chi connectivity index (χ4n) is 2.50. The van der Waals surface area contributed by atoms with E-state index < -0.39 is 0 Å². The molecule has 2 rings (SSSR count). The molecule has 0 aliphatic carbocycles. The number of H-pyrrole nitrogens is 1. The first-order valence-electron chi connectivity index (χ1n) is 7.36. The first-order valence-corrected chi connectivity index (χ1v) is 7.36. The van der Waals surface area contributed by atoms with E-state index in [1.54, 1.807) is 26.1 Å². The molecule has 0 unspecified atom stereocenters. The Morgan fingerprint density at radius 2 is 2.05 bits per heavy atom. The van der Waals surface area contributed by atoms with Gasteiger partial charge in [0.2, 0.25) is 0 Å². The van der Waals surface area contributed by atoms with Gasteiger partial charge in [0, 0.05) is 11.9 Å². The number of nitrogens with one attached hydrogen (secondary N) is 2. The predicted octanol–water partition coefficient (Wildman–Crippen LogP) is 2.58. The van der Waals surface area contributed by atoms with E-state index in [0.29, 0.717) is 12.0 Å². The zero-order chi connectivity index (χ0) is 16.3. The topological polar surface area (TPSA) is 74.8 Å². The Kier molecular flexibility index (Phi) is 4.75. The van der Waals surface area contributed by atoms with Crippen molar-refractivity contribution in [3.8, 4) is 0 Å². The van der Waals surface area contributed by atoms with E-state index in [1.807, 2.05) is 26.0 Å². The molecule has 22 heavy (non-hydrogen) atoms. The first kappa shape index (κ1) is 15.9. The van der Waals surface area contributed by atoms with Gasteiger partial charge in [0.25, 0.3) is 11.5 Å². The minimum Gasteiger partial charge on any atom is -0.343 e. The summed E-state index contributed by atoms with van der Waals surface area (Å²) in [6, 6.07) is 5.43. The highest BCUT2D eigenvalue weighted by Gasteiger charge is 2.19. The molecule has 0 saturated heterocycles. The van der Waals surface area contributed by atoms with Crippen LogP contribution in [0.15, 0.2) is 29.2 Å². The molecule has 0 spiro atoms. The smallest absolute Gasteiger partial charge is 0.261 e. The Morgan fingerprint density at radius 3 is 2.64 bits per heavy atom. The Labute approximate surface area is 129 Å². The van der Waals surface area contributed by atoms with Crippen LogP contribution >= 0.6 is 0 Å². The summed E-state index contributed by atoms with van der Waals surface area (Å²) in [5.41, 5.74) is 3.11. The highest BCUT2D eigenvalue weighted by Crippen LogP contribution is 2.16. The second-order valence-corrected chi connectivity index (χ2v) is 5.53. The van der Waals surface area contributed by atoms with Gasteiger partial charge in [-0.05, 0) is 56.5 Å². The molecule has 1 amide bonds. The maximum atomic E-state index is 12.5. The van der Waals surface area contributed by atoms with Crippen molar-refractivity contribution in [1.29, 1.82) is 0 Å². The van der Waals surface area contributed by atoms with Gasteiger partial charge in [0.1, 0.15) is 5.56 Å². The Hall–Kier alpha value is -2.43. The highest BCUT2D eigenvalue weighted by molar-refractivity contribution is 5.95. The number of nitrogens with zero attached hydrogens (tertiary/aromatic N) is 1. The SMILES string of the molecule is CC[C@@H](NC(=O)c1c(C)cc(C)[nH]c1=O)c1cc(C)ccn1. The van der Waals surface area contributed by atoms with Crippen LogP contribution in [0.1, 0.15) is 52.3 Å². The Morgan fingerprint density at radius 1 is 1.32 bits per heavy atom. The molecular weight excluding hydrogens is 278 g/mol. The molecule has 0 radical (unpaired) electrons. The number of aromatic amines is 1. The van der Waals surface area contributed by atoms with Crippen LogP contribution in [0.4, 0.5) is 0 Å². The molecule has 0 fully saturated rings. The lowest BCUT2D eigenvalue weighted by molar-refractivity contribution is 0.0932. The quantitative estimate of drug-likeness (QED) is 0.911. The average molecular weight is 299 g/mol. The molecule has 2 aromatic rings. The summed E-state index contributed by atoms with van der Waals surface area (Å²) in [5, 5.41) is 2.91. The Bertz CT molecular complexity index is 750. The molecular formula is C17H21N3O2. The fourth-order valence-corrected chi connectivity index (χ4v) is 2.50. The van der Waals surface area contributed by atoms with Gasteiger partial charge in [-0.25, -0.2) is 0 Å². The van der Waals surface area contributed by atoms with E-state index in [-0.39, 0.29) is 23.1 Å². The van der Waals surface area contributed by atoms with Gasteiger partial charge in [-0.15, -0.1) is 0 Å². The van der Waals surface area contributed by atoms with Crippen molar-refractivity contribution in [3.05, 3.63) is 62.8 Å². The standard InChI is InChI=1S/C17H21N3O2/c1-5-13(14-8-10(2)6-7-18-14)20-17(22)15-11(3)9-12(4)19-16(15)21/h6-9,13H,5H2,1-4H3,(H,19,21)(H,20,22)/t13-/m1/s1. The number of aromatic nitrogens is 2. The van der Waals surface area contributed by atoms with E-state index in [0.717, 1.165) is 17.0 Å². The maximum absolute atomic E-state index is 12.5. The number of carbonyl (C=O) groups is 1. The minimum absolute atomic E-state index is 0.164. The van der Waals surface area contributed by atoms with Crippen LogP contribution in [0.25, 0.3) is 0 Å². The second kappa shape index (κ2) is 6.56. The lowest BCUT2D eigenvalue weighted by Crippen LogP contribution is -2.34. The molecule has 5 heteroatoms. The molecule has 0 bridgehead atoms. The zero-order valence-electron chi connectivity index (χ0n) is 13.4. The molecule has 2 N–H and O–H groups in total. The molecule has 0 aliphatic rings. The van der Waals surface area contributed by atoms with Crippen molar-refractivity contribution in [2.45, 2.75) is 40.2 Å². The number of hydrogen-bond donors (Lipinski definition) is 2. The summed E-state index contributed by atoms with van der Waals surface area (Å²) in [6.07, 6.45) is 2.43. The largest absolute Gasteiger partial charge is 0.343 e. The molecule has 2 heterocycles. The summed E-state index contributed by atoms with van der Waals surface area (Å²) in [4.78, 5) is 31.5. The van der Waals surface area contributed by atoms with Crippen molar-refractivity contribution in [3.63, 3.8) is 0 Å². The van der Waals surface area contributed by atoms with Crippen LogP contribution in [-0.2, 0) is 0 Å². The van der Waals surface area contributed by atoms with Crippen molar-refractivity contribution < 1.29 is 4.79 Å². The van der Waals surface area contributed by atoms with Gasteiger partial charge in [0.15, 0.2) is 0 Å². The van der Waals surface area contributed by atoms with Gasteiger partial charge in [-0.3, -0.25) is 14.6 Å². The van der Waals surface area contributed by atoms with Crippen molar-refractivity contribution in [2.75, 3.05) is 0 Å². The summed E-state index contributed by atoms with van der Waals surface area (Å²) < 4.78 is 0. The second-order valence-electron chi connectivity index (χ2n) is 5.53.